The summed E-state index contributed by atoms with van der Waals surface area (Å²) in [5.74, 6) is -3.80. The van der Waals surface area contributed by atoms with Crippen LogP contribution in [-0.4, -0.2) is 22.6 Å². The third kappa shape index (κ3) is 2.26. The number of oxazole rings is 1. The van der Waals surface area contributed by atoms with Crippen molar-refractivity contribution in [3.05, 3.63) is 17.3 Å². The molecule has 2 rings (SSSR count). The lowest BCUT2D eigenvalue weighted by atomic mass is 10.1. The maximum atomic E-state index is 12.4. The molecule has 17 heavy (non-hydrogen) atoms. The molecule has 2 N–H and O–H groups in total. The van der Waals surface area contributed by atoms with Gasteiger partial charge in [-0.3, -0.25) is 0 Å². The molecule has 1 fully saturated rings. The standard InChI is InChI=1S/C9H9F3N2O3/c10-9(11,12)8-14-5(4-2-1-3-13-4)6(17-8)7(15)16/h4,13H,1-3H2,(H,15,16). The highest BCUT2D eigenvalue weighted by Crippen LogP contribution is 2.33. The minimum absolute atomic E-state index is 0.178. The van der Waals surface area contributed by atoms with Gasteiger partial charge in [-0.1, -0.05) is 0 Å². The van der Waals surface area contributed by atoms with Crippen LogP contribution in [0.5, 0.6) is 0 Å². The molecule has 0 aliphatic carbocycles. The smallest absolute Gasteiger partial charge is 0.468 e. The van der Waals surface area contributed by atoms with E-state index < -0.39 is 29.8 Å². The number of carboxylic acid groups (broad SMARTS) is 1. The first-order valence-electron chi connectivity index (χ1n) is 4.94. The van der Waals surface area contributed by atoms with E-state index in [-0.39, 0.29) is 5.69 Å². The van der Waals surface area contributed by atoms with Crippen LogP contribution < -0.4 is 5.32 Å². The van der Waals surface area contributed by atoms with Gasteiger partial charge in [0.2, 0.25) is 5.76 Å². The second-order valence-corrected chi connectivity index (χ2v) is 3.69. The predicted octanol–water partition coefficient (Wildman–Crippen LogP) is 1.82. The van der Waals surface area contributed by atoms with Gasteiger partial charge in [-0.2, -0.15) is 13.2 Å². The quantitative estimate of drug-likeness (QED) is 0.837. The lowest BCUT2D eigenvalue weighted by Crippen LogP contribution is -2.16. The van der Waals surface area contributed by atoms with E-state index in [2.05, 4.69) is 14.7 Å². The Balaban J connectivity index is 2.42. The van der Waals surface area contributed by atoms with Gasteiger partial charge in [0.05, 0.1) is 6.04 Å². The van der Waals surface area contributed by atoms with E-state index in [0.717, 1.165) is 6.42 Å². The molecule has 0 bridgehead atoms. The topological polar surface area (TPSA) is 75.4 Å². The van der Waals surface area contributed by atoms with Crippen molar-refractivity contribution in [2.75, 3.05) is 6.54 Å². The van der Waals surface area contributed by atoms with E-state index >= 15 is 0 Å². The lowest BCUT2D eigenvalue weighted by molar-refractivity contribution is -0.157. The van der Waals surface area contributed by atoms with Crippen molar-refractivity contribution >= 4 is 5.97 Å². The highest BCUT2D eigenvalue weighted by atomic mass is 19.4. The Bertz CT molecular complexity index is 435. The van der Waals surface area contributed by atoms with Crippen LogP contribution in [0.25, 0.3) is 0 Å². The van der Waals surface area contributed by atoms with Crippen LogP contribution in [0.1, 0.15) is 41.0 Å². The fourth-order valence-electron chi connectivity index (χ4n) is 1.76. The summed E-state index contributed by atoms with van der Waals surface area (Å²) in [7, 11) is 0. The first-order chi connectivity index (χ1) is 7.89. The van der Waals surface area contributed by atoms with Crippen LogP contribution in [0.4, 0.5) is 13.2 Å². The van der Waals surface area contributed by atoms with Crippen molar-refractivity contribution in [2.45, 2.75) is 25.1 Å². The van der Waals surface area contributed by atoms with E-state index in [4.69, 9.17) is 5.11 Å². The Morgan fingerprint density at radius 1 is 1.53 bits per heavy atom. The number of rotatable bonds is 2. The summed E-state index contributed by atoms with van der Waals surface area (Å²) < 4.78 is 41.4. The van der Waals surface area contributed by atoms with E-state index in [1.807, 2.05) is 0 Å². The van der Waals surface area contributed by atoms with Crippen LogP contribution in [0.3, 0.4) is 0 Å². The second kappa shape index (κ2) is 4.02. The van der Waals surface area contributed by atoms with Gasteiger partial charge in [0.1, 0.15) is 5.69 Å². The molecule has 0 aromatic carbocycles. The summed E-state index contributed by atoms with van der Waals surface area (Å²) in [6.07, 6.45) is -3.47. The summed E-state index contributed by atoms with van der Waals surface area (Å²) in [6.45, 7) is 0.623. The number of aromatic carboxylic acids is 1. The van der Waals surface area contributed by atoms with Gasteiger partial charge in [0.15, 0.2) is 0 Å². The molecule has 0 amide bonds. The highest BCUT2D eigenvalue weighted by Gasteiger charge is 2.41. The largest absolute Gasteiger partial charge is 0.475 e. The first-order valence-corrected chi connectivity index (χ1v) is 4.94. The number of halogens is 3. The molecule has 0 radical (unpaired) electrons. The SMILES string of the molecule is O=C(O)c1oc(C(F)(F)F)nc1C1CCCN1. The predicted molar refractivity (Wildman–Crippen MR) is 48.4 cm³/mol. The molecule has 0 spiro atoms. The Morgan fingerprint density at radius 3 is 2.71 bits per heavy atom. The Hall–Kier alpha value is -1.57. The molecule has 1 atom stereocenters. The number of aromatic nitrogens is 1. The van der Waals surface area contributed by atoms with Crippen molar-refractivity contribution < 1.29 is 27.5 Å². The van der Waals surface area contributed by atoms with E-state index in [9.17, 15) is 18.0 Å². The zero-order valence-electron chi connectivity index (χ0n) is 8.54. The summed E-state index contributed by atoms with van der Waals surface area (Å²) >= 11 is 0. The van der Waals surface area contributed by atoms with Crippen molar-refractivity contribution in [1.82, 2.24) is 10.3 Å². The van der Waals surface area contributed by atoms with Crippen LogP contribution >= 0.6 is 0 Å². The molecule has 1 aliphatic heterocycles. The molecule has 1 aliphatic rings. The molecular weight excluding hydrogens is 241 g/mol. The fourth-order valence-corrected chi connectivity index (χ4v) is 1.76. The van der Waals surface area contributed by atoms with Gasteiger partial charge < -0.3 is 14.8 Å². The molecule has 1 unspecified atom stereocenters. The van der Waals surface area contributed by atoms with Gasteiger partial charge in [-0.15, -0.1) is 0 Å². The van der Waals surface area contributed by atoms with Gasteiger partial charge in [-0.25, -0.2) is 9.78 Å². The minimum atomic E-state index is -4.78. The van der Waals surface area contributed by atoms with E-state index in [0.29, 0.717) is 13.0 Å². The Kier molecular flexibility index (Phi) is 2.82. The summed E-state index contributed by atoms with van der Waals surface area (Å²) in [5.41, 5.74) is -0.178. The first kappa shape index (κ1) is 11.9. The van der Waals surface area contributed by atoms with Crippen LogP contribution in [0.15, 0.2) is 4.42 Å². The zero-order valence-corrected chi connectivity index (χ0v) is 8.54. The lowest BCUT2D eigenvalue weighted by Gasteiger charge is -2.05. The number of alkyl halides is 3. The van der Waals surface area contributed by atoms with Crippen molar-refractivity contribution in [1.29, 1.82) is 0 Å². The zero-order chi connectivity index (χ0) is 12.6. The van der Waals surface area contributed by atoms with Crippen molar-refractivity contribution in [3.63, 3.8) is 0 Å². The Labute approximate surface area is 93.6 Å². The van der Waals surface area contributed by atoms with E-state index in [1.165, 1.54) is 0 Å². The van der Waals surface area contributed by atoms with Crippen molar-refractivity contribution in [3.8, 4) is 0 Å². The maximum Gasteiger partial charge on any atom is 0.468 e. The number of hydrogen-bond donors (Lipinski definition) is 2. The molecule has 8 heteroatoms. The van der Waals surface area contributed by atoms with Gasteiger partial charge in [0, 0.05) is 0 Å². The molecule has 1 saturated heterocycles. The highest BCUT2D eigenvalue weighted by molar-refractivity contribution is 5.85. The number of nitrogens with zero attached hydrogens (tertiary/aromatic N) is 1. The van der Waals surface area contributed by atoms with Gasteiger partial charge in [0.25, 0.3) is 0 Å². The minimum Gasteiger partial charge on any atom is -0.475 e. The average Bonchev–Trinajstić information content (AvgIpc) is 2.85. The molecule has 5 nitrogen and oxygen atoms in total. The maximum absolute atomic E-state index is 12.4. The van der Waals surface area contributed by atoms with Crippen LogP contribution in [-0.2, 0) is 6.18 Å². The second-order valence-electron chi connectivity index (χ2n) is 3.69. The molecule has 2 heterocycles. The Morgan fingerprint density at radius 2 is 2.24 bits per heavy atom. The van der Waals surface area contributed by atoms with Crippen LogP contribution in [0, 0.1) is 0 Å². The number of carbonyl (C=O) groups is 1. The molecule has 94 valence electrons. The molecule has 0 saturated carbocycles. The fraction of sp³-hybridized carbons (Fsp3) is 0.556. The number of nitrogens with one attached hydrogen (secondary N) is 1. The third-order valence-corrected chi connectivity index (χ3v) is 2.48. The van der Waals surface area contributed by atoms with Crippen LogP contribution in [0.2, 0.25) is 0 Å². The number of carboxylic acids is 1. The molecule has 1 aromatic rings. The molecule has 1 aromatic heterocycles. The third-order valence-electron chi connectivity index (χ3n) is 2.48. The number of hydrogen-bond acceptors (Lipinski definition) is 4. The summed E-state index contributed by atoms with van der Waals surface area (Å²) in [4.78, 5) is 14.0. The average molecular weight is 250 g/mol. The normalized spacial score (nSPS) is 20.8. The summed E-state index contributed by atoms with van der Waals surface area (Å²) in [6, 6.07) is -0.485. The van der Waals surface area contributed by atoms with Gasteiger partial charge in [-0.05, 0) is 19.4 Å². The van der Waals surface area contributed by atoms with E-state index in [1.54, 1.807) is 0 Å². The summed E-state index contributed by atoms with van der Waals surface area (Å²) in [5, 5.41) is 11.7. The monoisotopic (exact) mass is 250 g/mol. The van der Waals surface area contributed by atoms with Gasteiger partial charge >= 0.3 is 18.0 Å². The molecular formula is C9H9F3N2O3. The van der Waals surface area contributed by atoms with Crippen molar-refractivity contribution in [2.24, 2.45) is 0 Å².